The van der Waals surface area contributed by atoms with Crippen LogP contribution in [0.25, 0.3) is 10.9 Å². The second kappa shape index (κ2) is 6.94. The molecule has 2 heterocycles. The van der Waals surface area contributed by atoms with Crippen molar-refractivity contribution >= 4 is 22.6 Å². The molecule has 0 spiro atoms. The average molecular weight is 354 g/mol. The fraction of sp³-hybridized carbons (Fsp3) is 0.400. The van der Waals surface area contributed by atoms with Crippen molar-refractivity contribution in [3.05, 3.63) is 48.0 Å². The Morgan fingerprint density at radius 2 is 2.08 bits per heavy atom. The summed E-state index contributed by atoms with van der Waals surface area (Å²) in [7, 11) is 0. The summed E-state index contributed by atoms with van der Waals surface area (Å²) in [5.41, 5.74) is 1.35. The Bertz CT molecular complexity index is 937. The first-order valence-corrected chi connectivity index (χ1v) is 9.21. The third kappa shape index (κ3) is 3.23. The van der Waals surface area contributed by atoms with Gasteiger partial charge in [0.15, 0.2) is 0 Å². The summed E-state index contributed by atoms with van der Waals surface area (Å²) >= 11 is 0. The first kappa shape index (κ1) is 16.8. The van der Waals surface area contributed by atoms with Crippen LogP contribution in [0.1, 0.15) is 43.8 Å². The van der Waals surface area contributed by atoms with Crippen LogP contribution in [0.15, 0.2) is 36.5 Å². The zero-order chi connectivity index (χ0) is 18.1. The van der Waals surface area contributed by atoms with Crippen molar-refractivity contribution in [2.75, 3.05) is 5.32 Å². The summed E-state index contributed by atoms with van der Waals surface area (Å²) in [6, 6.07) is 9.00. The number of hydrogen-bond donors (Lipinski definition) is 1. The Morgan fingerprint density at radius 3 is 2.88 bits per heavy atom. The number of nitrogens with zero attached hydrogens (tertiary/aromatic N) is 3. The summed E-state index contributed by atoms with van der Waals surface area (Å²) in [5, 5.41) is 8.35. The normalized spacial score (nSPS) is 15.5. The molecule has 1 fully saturated rings. The van der Waals surface area contributed by atoms with E-state index in [0.717, 1.165) is 29.7 Å². The zero-order valence-corrected chi connectivity index (χ0v) is 14.9. The van der Waals surface area contributed by atoms with Gasteiger partial charge in [-0.2, -0.15) is 5.10 Å². The first-order valence-electron chi connectivity index (χ1n) is 9.21. The van der Waals surface area contributed by atoms with Gasteiger partial charge < -0.3 is 9.88 Å². The molecule has 0 atom stereocenters. The van der Waals surface area contributed by atoms with E-state index in [4.69, 9.17) is 0 Å². The highest BCUT2D eigenvalue weighted by molar-refractivity contribution is 5.91. The van der Waals surface area contributed by atoms with E-state index in [1.165, 1.54) is 25.3 Å². The van der Waals surface area contributed by atoms with Crippen molar-refractivity contribution in [3.8, 4) is 0 Å². The molecule has 26 heavy (non-hydrogen) atoms. The number of hydrogen-bond acceptors (Lipinski definition) is 2. The third-order valence-corrected chi connectivity index (χ3v) is 5.10. The molecule has 1 saturated carbocycles. The maximum atomic E-state index is 14.1. The van der Waals surface area contributed by atoms with Crippen molar-refractivity contribution in [3.63, 3.8) is 0 Å². The van der Waals surface area contributed by atoms with E-state index in [2.05, 4.69) is 10.4 Å². The number of rotatable bonds is 4. The summed E-state index contributed by atoms with van der Waals surface area (Å²) in [4.78, 5) is 12.6. The highest BCUT2D eigenvalue weighted by Gasteiger charge is 2.20. The monoisotopic (exact) mass is 354 g/mol. The number of carbonyl (C=O) groups excluding carboxylic acids is 1. The number of amides is 1. The molecule has 2 aromatic heterocycles. The molecule has 0 radical (unpaired) electrons. The fourth-order valence-corrected chi connectivity index (χ4v) is 3.90. The summed E-state index contributed by atoms with van der Waals surface area (Å²) in [5.74, 6) is 0.238. The predicted octanol–water partition coefficient (Wildman–Crippen LogP) is 4.43. The molecular formula is C20H23FN4O. The SMILES string of the molecule is Cc1cc(NC(=O)Cn2ccc3cccc(F)c32)n(C2CCCCC2)n1. The number of carbonyl (C=O) groups is 1. The molecule has 6 heteroatoms. The summed E-state index contributed by atoms with van der Waals surface area (Å²) in [6.07, 6.45) is 7.60. The van der Waals surface area contributed by atoms with Crippen LogP contribution in [0.2, 0.25) is 0 Å². The number of fused-ring (bicyclic) bond motifs is 1. The summed E-state index contributed by atoms with van der Waals surface area (Å²) in [6.45, 7) is 2.00. The number of benzene rings is 1. The van der Waals surface area contributed by atoms with Crippen LogP contribution < -0.4 is 5.32 Å². The standard InChI is InChI=1S/C20H23FN4O/c1-14-12-18(25(23-14)16-7-3-2-4-8-16)22-19(26)13-24-11-10-15-6-5-9-17(21)20(15)24/h5-6,9-12,16H,2-4,7-8,13H2,1H3,(H,22,26). The van der Waals surface area contributed by atoms with E-state index in [0.29, 0.717) is 11.6 Å². The van der Waals surface area contributed by atoms with Gasteiger partial charge in [0, 0.05) is 17.6 Å². The largest absolute Gasteiger partial charge is 0.336 e. The second-order valence-corrected chi connectivity index (χ2v) is 7.08. The van der Waals surface area contributed by atoms with E-state index < -0.39 is 0 Å². The van der Waals surface area contributed by atoms with Crippen molar-refractivity contribution in [1.29, 1.82) is 0 Å². The van der Waals surface area contributed by atoms with Crippen LogP contribution in [0.4, 0.5) is 10.2 Å². The molecule has 0 saturated heterocycles. The lowest BCUT2D eigenvalue weighted by molar-refractivity contribution is -0.116. The zero-order valence-electron chi connectivity index (χ0n) is 14.9. The topological polar surface area (TPSA) is 51.9 Å². The van der Waals surface area contributed by atoms with Gasteiger partial charge in [-0.1, -0.05) is 31.4 Å². The molecular weight excluding hydrogens is 331 g/mol. The van der Waals surface area contributed by atoms with Gasteiger partial charge in [0.05, 0.1) is 17.3 Å². The fourth-order valence-electron chi connectivity index (χ4n) is 3.90. The van der Waals surface area contributed by atoms with Gasteiger partial charge in [-0.05, 0) is 31.9 Å². The lowest BCUT2D eigenvalue weighted by atomic mass is 9.96. The van der Waals surface area contributed by atoms with Crippen LogP contribution in [-0.4, -0.2) is 20.3 Å². The molecule has 0 unspecified atom stereocenters. The molecule has 0 bridgehead atoms. The molecule has 1 amide bonds. The minimum absolute atomic E-state index is 0.0688. The number of aromatic nitrogens is 3. The third-order valence-electron chi connectivity index (χ3n) is 5.10. The highest BCUT2D eigenvalue weighted by Crippen LogP contribution is 2.30. The first-order chi connectivity index (χ1) is 12.6. The quantitative estimate of drug-likeness (QED) is 0.753. The van der Waals surface area contributed by atoms with E-state index in [-0.39, 0.29) is 18.3 Å². The molecule has 4 rings (SSSR count). The van der Waals surface area contributed by atoms with Gasteiger partial charge in [-0.25, -0.2) is 9.07 Å². The van der Waals surface area contributed by atoms with Gasteiger partial charge in [-0.15, -0.1) is 0 Å². The lowest BCUT2D eigenvalue weighted by Gasteiger charge is -2.24. The minimum Gasteiger partial charge on any atom is -0.336 e. The highest BCUT2D eigenvalue weighted by atomic mass is 19.1. The Morgan fingerprint density at radius 1 is 1.27 bits per heavy atom. The van der Waals surface area contributed by atoms with E-state index in [1.54, 1.807) is 16.8 Å². The number of para-hydroxylation sites is 1. The molecule has 1 N–H and O–H groups in total. The van der Waals surface area contributed by atoms with Crippen LogP contribution in [0, 0.1) is 12.7 Å². The lowest BCUT2D eigenvalue weighted by Crippen LogP contribution is -2.23. The Hall–Kier alpha value is -2.63. The molecule has 1 aromatic carbocycles. The molecule has 1 aliphatic carbocycles. The van der Waals surface area contributed by atoms with Crippen LogP contribution in [-0.2, 0) is 11.3 Å². The number of nitrogens with one attached hydrogen (secondary N) is 1. The van der Waals surface area contributed by atoms with Gasteiger partial charge in [0.25, 0.3) is 0 Å². The van der Waals surface area contributed by atoms with E-state index in [1.807, 2.05) is 29.8 Å². The summed E-state index contributed by atoms with van der Waals surface area (Å²) < 4.78 is 17.7. The van der Waals surface area contributed by atoms with Gasteiger partial charge in [0.2, 0.25) is 5.91 Å². The molecule has 3 aromatic rings. The van der Waals surface area contributed by atoms with Crippen LogP contribution in [0.3, 0.4) is 0 Å². The number of halogens is 1. The average Bonchev–Trinajstić information content (AvgIpc) is 3.20. The second-order valence-electron chi connectivity index (χ2n) is 7.08. The van der Waals surface area contributed by atoms with Crippen molar-refractivity contribution < 1.29 is 9.18 Å². The van der Waals surface area contributed by atoms with Crippen LogP contribution >= 0.6 is 0 Å². The molecule has 5 nitrogen and oxygen atoms in total. The van der Waals surface area contributed by atoms with E-state index in [9.17, 15) is 9.18 Å². The Kier molecular flexibility index (Phi) is 4.49. The van der Waals surface area contributed by atoms with Gasteiger partial charge >= 0.3 is 0 Å². The van der Waals surface area contributed by atoms with Crippen molar-refractivity contribution in [1.82, 2.24) is 14.3 Å². The van der Waals surface area contributed by atoms with E-state index >= 15 is 0 Å². The smallest absolute Gasteiger partial charge is 0.245 e. The van der Waals surface area contributed by atoms with Crippen molar-refractivity contribution in [2.45, 2.75) is 51.6 Å². The molecule has 0 aliphatic heterocycles. The molecule has 136 valence electrons. The Balaban J connectivity index is 1.53. The van der Waals surface area contributed by atoms with Crippen molar-refractivity contribution in [2.24, 2.45) is 0 Å². The number of aryl methyl sites for hydroxylation is 1. The maximum absolute atomic E-state index is 14.1. The maximum Gasteiger partial charge on any atom is 0.245 e. The van der Waals surface area contributed by atoms with Gasteiger partial charge in [-0.3, -0.25) is 4.79 Å². The van der Waals surface area contributed by atoms with Gasteiger partial charge in [0.1, 0.15) is 18.2 Å². The van der Waals surface area contributed by atoms with Crippen LogP contribution in [0.5, 0.6) is 0 Å². The number of anilines is 1. The Labute approximate surface area is 151 Å². The predicted molar refractivity (Wildman–Crippen MR) is 99.6 cm³/mol. The molecule has 1 aliphatic rings. The minimum atomic E-state index is -0.316.